The number of rotatable bonds is 3. The van der Waals surface area contributed by atoms with E-state index in [-0.39, 0.29) is 0 Å². The van der Waals surface area contributed by atoms with Crippen molar-refractivity contribution in [2.24, 2.45) is 5.41 Å². The van der Waals surface area contributed by atoms with Gasteiger partial charge in [-0.3, -0.25) is 4.90 Å². The van der Waals surface area contributed by atoms with Crippen LogP contribution in [0.3, 0.4) is 0 Å². The summed E-state index contributed by atoms with van der Waals surface area (Å²) in [6.45, 7) is 10.9. The molecule has 0 bridgehead atoms. The Morgan fingerprint density at radius 3 is 2.59 bits per heavy atom. The molecule has 2 rings (SSSR count). The average Bonchev–Trinajstić information content (AvgIpc) is 2.30. The highest BCUT2D eigenvalue weighted by atomic mass is 15.2. The molecule has 1 atom stereocenters. The van der Waals surface area contributed by atoms with Gasteiger partial charge in [-0.15, -0.1) is 0 Å². The lowest BCUT2D eigenvalue weighted by Crippen LogP contribution is -2.54. The van der Waals surface area contributed by atoms with Crippen LogP contribution < -0.4 is 5.32 Å². The first kappa shape index (κ1) is 13.4. The number of hydrogen-bond donors (Lipinski definition) is 1. The summed E-state index contributed by atoms with van der Waals surface area (Å²) in [5.74, 6) is 0. The summed E-state index contributed by atoms with van der Waals surface area (Å²) < 4.78 is 0. The maximum absolute atomic E-state index is 3.66. The van der Waals surface area contributed by atoms with Crippen molar-refractivity contribution in [2.45, 2.75) is 71.4 Å². The van der Waals surface area contributed by atoms with E-state index in [1.165, 1.54) is 58.2 Å². The molecule has 2 nitrogen and oxygen atoms in total. The Morgan fingerprint density at radius 2 is 1.94 bits per heavy atom. The molecule has 2 fully saturated rings. The Bertz CT molecular complexity index is 225. The van der Waals surface area contributed by atoms with Gasteiger partial charge in [-0.25, -0.2) is 0 Å². The van der Waals surface area contributed by atoms with Crippen LogP contribution in [-0.2, 0) is 0 Å². The van der Waals surface area contributed by atoms with Gasteiger partial charge in [-0.2, -0.15) is 0 Å². The first-order valence-electron chi connectivity index (χ1n) is 7.58. The second-order valence-electron chi connectivity index (χ2n) is 6.83. The molecule has 100 valence electrons. The molecule has 1 saturated carbocycles. The lowest BCUT2D eigenvalue weighted by molar-refractivity contribution is 0.0798. The van der Waals surface area contributed by atoms with Crippen molar-refractivity contribution >= 4 is 0 Å². The van der Waals surface area contributed by atoms with E-state index < -0.39 is 0 Å². The molecule has 0 aromatic carbocycles. The van der Waals surface area contributed by atoms with Gasteiger partial charge in [0.1, 0.15) is 0 Å². The minimum atomic E-state index is 0.605. The normalized spacial score (nSPS) is 31.6. The van der Waals surface area contributed by atoms with Gasteiger partial charge in [0.25, 0.3) is 0 Å². The van der Waals surface area contributed by atoms with Crippen molar-refractivity contribution < 1.29 is 0 Å². The largest absolute Gasteiger partial charge is 0.311 e. The van der Waals surface area contributed by atoms with E-state index in [0.29, 0.717) is 5.41 Å². The van der Waals surface area contributed by atoms with Crippen LogP contribution in [0.15, 0.2) is 0 Å². The van der Waals surface area contributed by atoms with Gasteiger partial charge in [0.05, 0.1) is 0 Å². The first-order chi connectivity index (χ1) is 8.11. The average molecular weight is 238 g/mol. The van der Waals surface area contributed by atoms with Crippen LogP contribution in [0.25, 0.3) is 0 Å². The van der Waals surface area contributed by atoms with E-state index in [2.05, 4.69) is 31.0 Å². The van der Waals surface area contributed by atoms with E-state index in [9.17, 15) is 0 Å². The molecular formula is C15H30N2. The zero-order chi connectivity index (χ0) is 12.3. The standard InChI is InChI=1S/C15H30N2/c1-4-5-13-12-17(11-10-16-13)14-6-8-15(2,3)9-7-14/h13-14,16H,4-12H2,1-3H3. The van der Waals surface area contributed by atoms with Gasteiger partial charge < -0.3 is 5.32 Å². The third-order valence-corrected chi connectivity index (χ3v) is 4.75. The molecule has 1 heterocycles. The third kappa shape index (κ3) is 3.69. The van der Waals surface area contributed by atoms with Crippen molar-refractivity contribution in [2.75, 3.05) is 19.6 Å². The lowest BCUT2D eigenvalue weighted by atomic mass is 9.75. The van der Waals surface area contributed by atoms with Crippen LogP contribution in [-0.4, -0.2) is 36.6 Å². The molecule has 1 unspecified atom stereocenters. The zero-order valence-electron chi connectivity index (χ0n) is 12.0. The molecule has 0 spiro atoms. The predicted molar refractivity (Wildman–Crippen MR) is 74.3 cm³/mol. The maximum Gasteiger partial charge on any atom is 0.0195 e. The predicted octanol–water partition coefficient (Wildman–Crippen LogP) is 3.03. The van der Waals surface area contributed by atoms with E-state index in [0.717, 1.165) is 12.1 Å². The lowest BCUT2D eigenvalue weighted by Gasteiger charge is -2.43. The van der Waals surface area contributed by atoms with E-state index in [4.69, 9.17) is 0 Å². The maximum atomic E-state index is 3.66. The van der Waals surface area contributed by atoms with Gasteiger partial charge in [0.15, 0.2) is 0 Å². The van der Waals surface area contributed by atoms with E-state index in [1.807, 2.05) is 0 Å². The van der Waals surface area contributed by atoms with Gasteiger partial charge in [0.2, 0.25) is 0 Å². The Morgan fingerprint density at radius 1 is 1.24 bits per heavy atom. The molecule has 17 heavy (non-hydrogen) atoms. The molecule has 0 aromatic heterocycles. The SMILES string of the molecule is CCCC1CN(C2CCC(C)(C)CC2)CCN1. The number of hydrogen-bond acceptors (Lipinski definition) is 2. The fourth-order valence-corrected chi connectivity index (χ4v) is 3.47. The summed E-state index contributed by atoms with van der Waals surface area (Å²) in [5, 5.41) is 3.66. The fraction of sp³-hybridized carbons (Fsp3) is 1.00. The van der Waals surface area contributed by atoms with Crippen molar-refractivity contribution in [3.05, 3.63) is 0 Å². The van der Waals surface area contributed by atoms with Crippen LogP contribution in [0.4, 0.5) is 0 Å². The second-order valence-corrected chi connectivity index (χ2v) is 6.83. The van der Waals surface area contributed by atoms with Crippen molar-refractivity contribution in [3.8, 4) is 0 Å². The Kier molecular flexibility index (Phi) is 4.48. The number of nitrogens with one attached hydrogen (secondary N) is 1. The molecule has 2 heteroatoms. The molecule has 1 saturated heterocycles. The van der Waals surface area contributed by atoms with Gasteiger partial charge in [-0.1, -0.05) is 27.2 Å². The summed E-state index contributed by atoms with van der Waals surface area (Å²) >= 11 is 0. The minimum Gasteiger partial charge on any atom is -0.311 e. The Hall–Kier alpha value is -0.0800. The summed E-state index contributed by atoms with van der Waals surface area (Å²) in [6.07, 6.45) is 8.33. The quantitative estimate of drug-likeness (QED) is 0.813. The highest BCUT2D eigenvalue weighted by molar-refractivity contribution is 4.88. The van der Waals surface area contributed by atoms with Gasteiger partial charge in [-0.05, 0) is 37.5 Å². The molecule has 0 amide bonds. The van der Waals surface area contributed by atoms with Gasteiger partial charge >= 0.3 is 0 Å². The van der Waals surface area contributed by atoms with Crippen LogP contribution >= 0.6 is 0 Å². The van der Waals surface area contributed by atoms with Crippen LogP contribution in [0.2, 0.25) is 0 Å². The van der Waals surface area contributed by atoms with Crippen LogP contribution in [0.5, 0.6) is 0 Å². The second kappa shape index (κ2) is 5.71. The Labute approximate surface area is 107 Å². The minimum absolute atomic E-state index is 0.605. The van der Waals surface area contributed by atoms with Crippen LogP contribution in [0, 0.1) is 5.41 Å². The van der Waals surface area contributed by atoms with Crippen molar-refractivity contribution in [1.29, 1.82) is 0 Å². The molecule has 2 aliphatic rings. The number of nitrogens with zero attached hydrogens (tertiary/aromatic N) is 1. The summed E-state index contributed by atoms with van der Waals surface area (Å²) in [4.78, 5) is 2.77. The highest BCUT2D eigenvalue weighted by Crippen LogP contribution is 2.37. The summed E-state index contributed by atoms with van der Waals surface area (Å²) in [7, 11) is 0. The van der Waals surface area contributed by atoms with Crippen LogP contribution in [0.1, 0.15) is 59.3 Å². The molecule has 1 N–H and O–H groups in total. The zero-order valence-corrected chi connectivity index (χ0v) is 12.0. The third-order valence-electron chi connectivity index (χ3n) is 4.75. The molecule has 1 aliphatic carbocycles. The monoisotopic (exact) mass is 238 g/mol. The topological polar surface area (TPSA) is 15.3 Å². The first-order valence-corrected chi connectivity index (χ1v) is 7.58. The Balaban J connectivity index is 1.82. The summed E-state index contributed by atoms with van der Waals surface area (Å²) in [6, 6.07) is 1.63. The smallest absolute Gasteiger partial charge is 0.0195 e. The summed E-state index contributed by atoms with van der Waals surface area (Å²) in [5.41, 5.74) is 0.605. The fourth-order valence-electron chi connectivity index (χ4n) is 3.47. The van der Waals surface area contributed by atoms with E-state index in [1.54, 1.807) is 0 Å². The molecule has 0 aromatic rings. The van der Waals surface area contributed by atoms with Crippen molar-refractivity contribution in [1.82, 2.24) is 10.2 Å². The molecule has 0 radical (unpaired) electrons. The van der Waals surface area contributed by atoms with E-state index >= 15 is 0 Å². The highest BCUT2D eigenvalue weighted by Gasteiger charge is 2.31. The van der Waals surface area contributed by atoms with Gasteiger partial charge in [0, 0.05) is 31.7 Å². The molecular weight excluding hydrogens is 208 g/mol. The number of piperazine rings is 1. The molecule has 1 aliphatic heterocycles. The van der Waals surface area contributed by atoms with Crippen molar-refractivity contribution in [3.63, 3.8) is 0 Å².